The lowest BCUT2D eigenvalue weighted by molar-refractivity contribution is 0.293. The van der Waals surface area contributed by atoms with Crippen LogP contribution in [0.1, 0.15) is 22.5 Å². The van der Waals surface area contributed by atoms with E-state index in [2.05, 4.69) is 15.2 Å². The molecular weight excluding hydrogens is 420 g/mol. The molecule has 1 atom stereocenters. The molecule has 0 aliphatic carbocycles. The van der Waals surface area contributed by atoms with Crippen LogP contribution in [0, 0.1) is 0 Å². The van der Waals surface area contributed by atoms with Gasteiger partial charge in [0.05, 0.1) is 5.25 Å². The van der Waals surface area contributed by atoms with Crippen molar-refractivity contribution in [3.63, 3.8) is 0 Å². The topological polar surface area (TPSA) is 72.8 Å². The number of benzene rings is 3. The van der Waals surface area contributed by atoms with Gasteiger partial charge in [-0.15, -0.1) is 10.2 Å². The van der Waals surface area contributed by atoms with Gasteiger partial charge in [0.25, 0.3) is 0 Å². The second-order valence-corrected chi connectivity index (χ2v) is 7.80. The Morgan fingerprint density at radius 2 is 1.59 bits per heavy atom. The number of thiol groups is 1. The van der Waals surface area contributed by atoms with E-state index in [4.69, 9.17) is 17.4 Å². The van der Waals surface area contributed by atoms with E-state index in [1.54, 1.807) is 6.07 Å². The van der Waals surface area contributed by atoms with E-state index in [-0.39, 0.29) is 12.2 Å². The predicted octanol–water partition coefficient (Wildman–Crippen LogP) is 4.71. The van der Waals surface area contributed by atoms with Crippen LogP contribution in [-0.4, -0.2) is 19.7 Å². The Bertz CT molecular complexity index is 1410. The minimum atomic E-state index is -0.472. The lowest BCUT2D eigenvalue weighted by atomic mass is 10.1. The summed E-state index contributed by atoms with van der Waals surface area (Å²) in [6, 6.07) is 28.6. The minimum absolute atomic E-state index is 0.184. The average molecular weight is 441 g/mol. The molecule has 2 aromatic heterocycles. The van der Waals surface area contributed by atoms with Crippen molar-refractivity contribution in [2.24, 2.45) is 0 Å². The number of nitrogens with zero attached hydrogens (tertiary/aromatic N) is 3. The zero-order valence-electron chi connectivity index (χ0n) is 17.1. The van der Waals surface area contributed by atoms with Gasteiger partial charge in [0, 0.05) is 22.7 Å². The number of fused-ring (bicyclic) bond motifs is 1. The first-order valence-corrected chi connectivity index (χ1v) is 10.7. The van der Waals surface area contributed by atoms with E-state index in [1.165, 1.54) is 0 Å². The number of rotatable bonds is 6. The van der Waals surface area contributed by atoms with Crippen LogP contribution in [0.15, 0.2) is 95.8 Å². The summed E-state index contributed by atoms with van der Waals surface area (Å²) in [6.07, 6.45) is 0. The van der Waals surface area contributed by atoms with Gasteiger partial charge < -0.3 is 9.72 Å². The third-order valence-corrected chi connectivity index (χ3v) is 5.71. The average Bonchev–Trinajstić information content (AvgIpc) is 3.27. The fourth-order valence-electron chi connectivity index (χ4n) is 3.72. The smallest absolute Gasteiger partial charge is 0.248 e. The number of hydrogen-bond donors (Lipinski definition) is 2. The highest BCUT2D eigenvalue weighted by molar-refractivity contribution is 7.80. The maximum Gasteiger partial charge on any atom is 0.248 e. The van der Waals surface area contributed by atoms with Gasteiger partial charge in [0.15, 0.2) is 11.6 Å². The summed E-state index contributed by atoms with van der Waals surface area (Å²) in [7, 11) is 0. The molecule has 32 heavy (non-hydrogen) atoms. The highest BCUT2D eigenvalue weighted by Gasteiger charge is 2.23. The van der Waals surface area contributed by atoms with E-state index >= 15 is 0 Å². The SMILES string of the molecule is O=c1cc(C(S)c2nnc(COc3ccccc3)n2-c2ccccc2)c2ccccc2[nH]1. The molecule has 5 aromatic rings. The van der Waals surface area contributed by atoms with Gasteiger partial charge >= 0.3 is 0 Å². The van der Waals surface area contributed by atoms with E-state index < -0.39 is 5.25 Å². The molecule has 0 aliphatic heterocycles. The van der Waals surface area contributed by atoms with Crippen LogP contribution in [0.3, 0.4) is 0 Å². The maximum absolute atomic E-state index is 12.3. The van der Waals surface area contributed by atoms with Gasteiger partial charge in [0.2, 0.25) is 5.56 Å². The summed E-state index contributed by atoms with van der Waals surface area (Å²) in [4.78, 5) is 15.2. The van der Waals surface area contributed by atoms with Crippen LogP contribution >= 0.6 is 12.6 Å². The lowest BCUT2D eigenvalue weighted by Crippen LogP contribution is -2.13. The van der Waals surface area contributed by atoms with Crippen LogP contribution in [-0.2, 0) is 6.61 Å². The number of ether oxygens (including phenoxy) is 1. The van der Waals surface area contributed by atoms with Crippen LogP contribution in [0.4, 0.5) is 0 Å². The Morgan fingerprint density at radius 3 is 2.38 bits per heavy atom. The van der Waals surface area contributed by atoms with Crippen LogP contribution in [0.2, 0.25) is 0 Å². The summed E-state index contributed by atoms with van der Waals surface area (Å²) in [6.45, 7) is 0.239. The van der Waals surface area contributed by atoms with E-state index in [0.29, 0.717) is 11.6 Å². The number of aromatic amines is 1. The molecular formula is C25H20N4O2S. The number of nitrogens with one attached hydrogen (secondary N) is 1. The molecule has 0 amide bonds. The van der Waals surface area contributed by atoms with Crippen LogP contribution in [0.5, 0.6) is 5.75 Å². The first-order chi connectivity index (χ1) is 15.7. The number of H-pyrrole nitrogens is 1. The zero-order chi connectivity index (χ0) is 21.9. The van der Waals surface area contributed by atoms with Crippen molar-refractivity contribution in [2.75, 3.05) is 0 Å². The molecule has 7 heteroatoms. The lowest BCUT2D eigenvalue weighted by Gasteiger charge is -2.16. The molecule has 6 nitrogen and oxygen atoms in total. The third-order valence-electron chi connectivity index (χ3n) is 5.20. The highest BCUT2D eigenvalue weighted by atomic mass is 32.1. The molecule has 0 saturated heterocycles. The van der Waals surface area contributed by atoms with Crippen molar-refractivity contribution >= 4 is 23.5 Å². The molecule has 1 N–H and O–H groups in total. The zero-order valence-corrected chi connectivity index (χ0v) is 17.9. The molecule has 1 unspecified atom stereocenters. The summed E-state index contributed by atoms with van der Waals surface area (Å²) < 4.78 is 7.88. The summed E-state index contributed by atoms with van der Waals surface area (Å²) in [5, 5.41) is 9.31. The van der Waals surface area contributed by atoms with E-state index in [9.17, 15) is 4.79 Å². The summed E-state index contributed by atoms with van der Waals surface area (Å²) >= 11 is 4.89. The minimum Gasteiger partial charge on any atom is -0.486 e. The first kappa shape index (κ1) is 20.1. The maximum atomic E-state index is 12.3. The largest absolute Gasteiger partial charge is 0.486 e. The molecule has 5 rings (SSSR count). The van der Waals surface area contributed by atoms with Crippen LogP contribution in [0.25, 0.3) is 16.6 Å². The predicted molar refractivity (Wildman–Crippen MR) is 128 cm³/mol. The standard InChI is InChI=1S/C25H20N4O2S/c30-23-15-20(19-13-7-8-14-21(19)26-23)24(32)25-28-27-22(16-31-18-11-5-2-6-12-18)29(25)17-9-3-1-4-10-17/h1-15,24,32H,16H2,(H,26,30). The fraction of sp³-hybridized carbons (Fsp3) is 0.0800. The first-order valence-electron chi connectivity index (χ1n) is 10.2. The molecule has 0 aliphatic rings. The van der Waals surface area contributed by atoms with E-state index in [1.807, 2.05) is 89.5 Å². The number of aromatic nitrogens is 4. The number of pyridine rings is 1. The van der Waals surface area contributed by atoms with Crippen molar-refractivity contribution in [3.8, 4) is 11.4 Å². The van der Waals surface area contributed by atoms with Crippen molar-refractivity contribution in [3.05, 3.63) is 119 Å². The monoisotopic (exact) mass is 440 g/mol. The molecule has 0 spiro atoms. The van der Waals surface area contributed by atoms with Gasteiger partial charge in [-0.1, -0.05) is 54.6 Å². The molecule has 0 saturated carbocycles. The second kappa shape index (κ2) is 8.72. The summed E-state index contributed by atoms with van der Waals surface area (Å²) in [5.74, 6) is 2.00. The van der Waals surface area contributed by atoms with Gasteiger partial charge in [-0.2, -0.15) is 12.6 Å². The van der Waals surface area contributed by atoms with Crippen LogP contribution < -0.4 is 10.3 Å². The molecule has 158 valence electrons. The third kappa shape index (κ3) is 3.90. The molecule has 0 fully saturated rings. The Morgan fingerprint density at radius 1 is 0.906 bits per heavy atom. The summed E-state index contributed by atoms with van der Waals surface area (Å²) in [5.41, 5.74) is 2.24. The second-order valence-electron chi connectivity index (χ2n) is 7.28. The van der Waals surface area contributed by atoms with Crippen molar-refractivity contribution < 1.29 is 4.74 Å². The Labute approximate surface area is 189 Å². The molecule has 2 heterocycles. The normalized spacial score (nSPS) is 12.0. The highest BCUT2D eigenvalue weighted by Crippen LogP contribution is 2.33. The number of para-hydroxylation sites is 3. The fourth-order valence-corrected chi connectivity index (χ4v) is 4.10. The van der Waals surface area contributed by atoms with Gasteiger partial charge in [0.1, 0.15) is 12.4 Å². The quantitative estimate of drug-likeness (QED) is 0.375. The Hall–Kier alpha value is -3.84. The molecule has 3 aromatic carbocycles. The molecule has 0 radical (unpaired) electrons. The van der Waals surface area contributed by atoms with Gasteiger partial charge in [-0.3, -0.25) is 9.36 Å². The van der Waals surface area contributed by atoms with Gasteiger partial charge in [-0.05, 0) is 35.9 Å². The Kier molecular flexibility index (Phi) is 5.47. The van der Waals surface area contributed by atoms with Crippen molar-refractivity contribution in [1.82, 2.24) is 19.7 Å². The van der Waals surface area contributed by atoms with Crippen molar-refractivity contribution in [1.29, 1.82) is 0 Å². The van der Waals surface area contributed by atoms with E-state index in [0.717, 1.165) is 27.9 Å². The van der Waals surface area contributed by atoms with Crippen molar-refractivity contribution in [2.45, 2.75) is 11.9 Å². The number of hydrogen-bond acceptors (Lipinski definition) is 5. The Balaban J connectivity index is 1.60. The van der Waals surface area contributed by atoms with Gasteiger partial charge in [-0.25, -0.2) is 0 Å². The molecule has 0 bridgehead atoms.